The third-order valence-electron chi connectivity index (χ3n) is 3.85. The second-order valence-corrected chi connectivity index (χ2v) is 15.0. The molecule has 0 aromatic heterocycles. The quantitative estimate of drug-likeness (QED) is 0.322. The van der Waals surface area contributed by atoms with E-state index in [-0.39, 0.29) is 0 Å². The molecule has 2 aromatic rings. The van der Waals surface area contributed by atoms with Crippen molar-refractivity contribution < 1.29 is 0 Å². The second kappa shape index (κ2) is 9.91. The van der Waals surface area contributed by atoms with E-state index >= 15 is 0 Å². The zero-order valence-electron chi connectivity index (χ0n) is 13.6. The van der Waals surface area contributed by atoms with Gasteiger partial charge in [0.05, 0.1) is 0 Å². The van der Waals surface area contributed by atoms with Crippen LogP contribution in [-0.4, -0.2) is 0 Å². The van der Waals surface area contributed by atoms with E-state index in [1.54, 1.807) is 7.14 Å². The molecular formula is C20H26I2. The molecule has 0 nitrogen and oxygen atoms in total. The number of halogens is 2. The molecule has 0 saturated heterocycles. The van der Waals surface area contributed by atoms with Crippen LogP contribution in [-0.2, 0) is 12.8 Å². The van der Waals surface area contributed by atoms with Gasteiger partial charge in [-0.1, -0.05) is 0 Å². The van der Waals surface area contributed by atoms with E-state index in [0.717, 1.165) is 0 Å². The Morgan fingerprint density at radius 2 is 1.05 bits per heavy atom. The van der Waals surface area contributed by atoms with Crippen molar-refractivity contribution in [3.63, 3.8) is 0 Å². The maximum atomic E-state index is 2.71. The summed E-state index contributed by atoms with van der Waals surface area (Å²) in [5, 5.41) is 0. The SMILES string of the molecule is CCCCc1ccc(I(I)c2ccc(CCCC)cc2)cc1. The standard InChI is InChI=1S/C20H26I2/c1-3-5-7-17-9-13-19(14-10-17)22(21)20-15-11-18(12-16-20)8-6-4-2/h9-16H,3-8H2,1-2H3. The van der Waals surface area contributed by atoms with Gasteiger partial charge in [0.25, 0.3) is 0 Å². The fourth-order valence-electron chi connectivity index (χ4n) is 2.41. The van der Waals surface area contributed by atoms with Gasteiger partial charge in [0.2, 0.25) is 0 Å². The minimum atomic E-state index is -1.23. The molecule has 0 N–H and O–H groups in total. The van der Waals surface area contributed by atoms with Gasteiger partial charge in [-0.15, -0.1) is 0 Å². The normalized spacial score (nSPS) is 11.5. The molecule has 0 fully saturated rings. The Kier molecular flexibility index (Phi) is 8.22. The van der Waals surface area contributed by atoms with E-state index in [1.165, 1.54) is 49.7 Å². The molecule has 0 spiro atoms. The first-order valence-electron chi connectivity index (χ1n) is 8.28. The van der Waals surface area contributed by atoms with Gasteiger partial charge in [-0.3, -0.25) is 0 Å². The molecule has 22 heavy (non-hydrogen) atoms. The Hall–Kier alpha value is -0.100. The van der Waals surface area contributed by atoms with E-state index in [9.17, 15) is 0 Å². The Balaban J connectivity index is 2.02. The second-order valence-electron chi connectivity index (χ2n) is 5.70. The van der Waals surface area contributed by atoms with E-state index in [2.05, 4.69) is 81.0 Å². The molecule has 0 unspecified atom stereocenters. The summed E-state index contributed by atoms with van der Waals surface area (Å²) < 4.78 is 3.12. The Bertz CT molecular complexity index is 491. The number of rotatable bonds is 8. The molecule has 120 valence electrons. The first kappa shape index (κ1) is 18.2. The van der Waals surface area contributed by atoms with Crippen LogP contribution in [0.2, 0.25) is 0 Å². The minimum absolute atomic E-state index is 1.22. The van der Waals surface area contributed by atoms with Crippen molar-refractivity contribution >= 4 is 34.5 Å². The van der Waals surface area contributed by atoms with Crippen molar-refractivity contribution in [3.8, 4) is 0 Å². The fourth-order valence-corrected chi connectivity index (χ4v) is 8.76. The first-order chi connectivity index (χ1) is 10.7. The Morgan fingerprint density at radius 1 is 0.682 bits per heavy atom. The summed E-state index contributed by atoms with van der Waals surface area (Å²) in [4.78, 5) is 0. The predicted molar refractivity (Wildman–Crippen MR) is 116 cm³/mol. The average molecular weight is 520 g/mol. The molecule has 0 aliphatic carbocycles. The van der Waals surface area contributed by atoms with Gasteiger partial charge in [0, 0.05) is 0 Å². The average Bonchev–Trinajstić information content (AvgIpc) is 2.58. The molecule has 0 aliphatic rings. The Labute approximate surface area is 152 Å². The van der Waals surface area contributed by atoms with Gasteiger partial charge in [-0.25, -0.2) is 0 Å². The number of hydrogen-bond donors (Lipinski definition) is 0. The fraction of sp³-hybridized carbons (Fsp3) is 0.400. The van der Waals surface area contributed by atoms with Gasteiger partial charge >= 0.3 is 154 Å². The van der Waals surface area contributed by atoms with Crippen molar-refractivity contribution in [3.05, 3.63) is 66.8 Å². The monoisotopic (exact) mass is 520 g/mol. The molecular weight excluding hydrogens is 494 g/mol. The van der Waals surface area contributed by atoms with Crippen molar-refractivity contribution in [2.24, 2.45) is 0 Å². The zero-order valence-corrected chi connectivity index (χ0v) is 17.9. The van der Waals surface area contributed by atoms with Crippen molar-refractivity contribution in [2.45, 2.75) is 52.4 Å². The van der Waals surface area contributed by atoms with Crippen LogP contribution in [0.3, 0.4) is 0 Å². The molecule has 0 saturated carbocycles. The summed E-state index contributed by atoms with van der Waals surface area (Å²) in [6.45, 7) is 4.51. The van der Waals surface area contributed by atoms with Crippen molar-refractivity contribution in [1.82, 2.24) is 0 Å². The summed E-state index contributed by atoms with van der Waals surface area (Å²) >= 11 is 1.48. The van der Waals surface area contributed by atoms with Gasteiger partial charge in [-0.2, -0.15) is 0 Å². The van der Waals surface area contributed by atoms with Gasteiger partial charge < -0.3 is 0 Å². The topological polar surface area (TPSA) is 0 Å². The van der Waals surface area contributed by atoms with Crippen molar-refractivity contribution in [1.29, 1.82) is 0 Å². The van der Waals surface area contributed by atoms with Crippen LogP contribution in [0.15, 0.2) is 48.5 Å². The van der Waals surface area contributed by atoms with E-state index < -0.39 is 15.8 Å². The third-order valence-corrected chi connectivity index (χ3v) is 13.8. The van der Waals surface area contributed by atoms with Crippen LogP contribution in [0.1, 0.15) is 50.7 Å². The number of aryl methyl sites for hydroxylation is 2. The summed E-state index contributed by atoms with van der Waals surface area (Å²) in [7, 11) is 0. The summed E-state index contributed by atoms with van der Waals surface area (Å²) in [5.41, 5.74) is 2.97. The molecule has 0 aliphatic heterocycles. The molecule has 0 amide bonds. The van der Waals surface area contributed by atoms with E-state index in [4.69, 9.17) is 0 Å². The Morgan fingerprint density at radius 3 is 1.36 bits per heavy atom. The summed E-state index contributed by atoms with van der Waals surface area (Å²) in [6, 6.07) is 18.8. The zero-order chi connectivity index (χ0) is 15.8. The van der Waals surface area contributed by atoms with Crippen LogP contribution in [0.25, 0.3) is 0 Å². The van der Waals surface area contributed by atoms with Crippen LogP contribution >= 0.6 is 34.5 Å². The molecule has 2 rings (SSSR count). The maximum absolute atomic E-state index is 2.71. The van der Waals surface area contributed by atoms with Crippen LogP contribution in [0, 0.1) is 7.14 Å². The third kappa shape index (κ3) is 5.52. The van der Waals surface area contributed by atoms with Gasteiger partial charge in [0.15, 0.2) is 0 Å². The number of benzene rings is 2. The van der Waals surface area contributed by atoms with Crippen LogP contribution < -0.4 is 0 Å². The summed E-state index contributed by atoms with van der Waals surface area (Å²) in [5.74, 6) is 0. The van der Waals surface area contributed by atoms with Crippen LogP contribution in [0.4, 0.5) is 0 Å². The molecule has 0 atom stereocenters. The molecule has 2 aromatic carbocycles. The number of hydrogen-bond acceptors (Lipinski definition) is 0. The van der Waals surface area contributed by atoms with Gasteiger partial charge in [-0.05, 0) is 0 Å². The van der Waals surface area contributed by atoms with E-state index in [1.807, 2.05) is 0 Å². The first-order valence-corrected chi connectivity index (χ1v) is 16.7. The molecule has 2 heteroatoms. The molecule has 0 bridgehead atoms. The van der Waals surface area contributed by atoms with Gasteiger partial charge in [0.1, 0.15) is 0 Å². The predicted octanol–water partition coefficient (Wildman–Crippen LogP) is 7.27. The molecule has 0 heterocycles. The number of unbranched alkanes of at least 4 members (excludes halogenated alkanes) is 2. The van der Waals surface area contributed by atoms with Crippen LogP contribution in [0.5, 0.6) is 0 Å². The van der Waals surface area contributed by atoms with Crippen molar-refractivity contribution in [2.75, 3.05) is 0 Å². The van der Waals surface area contributed by atoms with E-state index in [0.29, 0.717) is 0 Å². The molecule has 0 radical (unpaired) electrons. The summed E-state index contributed by atoms with van der Waals surface area (Å²) in [6.07, 6.45) is 7.58.